The Morgan fingerprint density at radius 2 is 2.05 bits per heavy atom. The number of urea groups is 1. The molecule has 0 heterocycles. The maximum atomic E-state index is 12.0. The van der Waals surface area contributed by atoms with Crippen LogP contribution in [0, 0.1) is 0 Å². The summed E-state index contributed by atoms with van der Waals surface area (Å²) in [6.07, 6.45) is 0. The van der Waals surface area contributed by atoms with Crippen molar-refractivity contribution in [1.29, 1.82) is 0 Å². The number of nitrogens with one attached hydrogen (secondary N) is 1. The van der Waals surface area contributed by atoms with Gasteiger partial charge in [-0.15, -0.1) is 0 Å². The lowest BCUT2D eigenvalue weighted by Crippen LogP contribution is -2.44. The predicted octanol–water partition coefficient (Wildman–Crippen LogP) is 3.08. The molecule has 0 fully saturated rings. The monoisotopic (exact) mass is 304 g/mol. The standard InChI is InChI=1S/C13H18Cl2N2O2/c1-8(7-18)17(3)13(19)16-9(2)10-5-4-6-11(14)12(10)15/h4-6,8-9,18H,7H2,1-3H3,(H,16,19). The first kappa shape index (κ1) is 16.1. The number of rotatable bonds is 4. The van der Waals surface area contributed by atoms with Crippen molar-refractivity contribution in [2.24, 2.45) is 0 Å². The Balaban J connectivity index is 2.77. The molecular weight excluding hydrogens is 287 g/mol. The lowest BCUT2D eigenvalue weighted by atomic mass is 10.1. The second kappa shape index (κ2) is 6.98. The number of carbonyl (C=O) groups is 1. The van der Waals surface area contributed by atoms with E-state index in [0.29, 0.717) is 10.0 Å². The van der Waals surface area contributed by atoms with Crippen LogP contribution < -0.4 is 5.32 Å². The van der Waals surface area contributed by atoms with Gasteiger partial charge in [0.2, 0.25) is 0 Å². The zero-order chi connectivity index (χ0) is 14.6. The van der Waals surface area contributed by atoms with Crippen molar-refractivity contribution in [2.75, 3.05) is 13.7 Å². The van der Waals surface area contributed by atoms with Crippen LogP contribution in [0.15, 0.2) is 18.2 Å². The third-order valence-electron chi connectivity index (χ3n) is 3.03. The molecule has 0 radical (unpaired) electrons. The molecule has 2 unspecified atom stereocenters. The van der Waals surface area contributed by atoms with Gasteiger partial charge < -0.3 is 15.3 Å². The Morgan fingerprint density at radius 1 is 1.42 bits per heavy atom. The molecule has 2 atom stereocenters. The minimum atomic E-state index is -0.273. The van der Waals surface area contributed by atoms with Crippen LogP contribution in [0.3, 0.4) is 0 Å². The first-order chi connectivity index (χ1) is 8.88. The highest BCUT2D eigenvalue weighted by atomic mass is 35.5. The molecule has 0 aliphatic rings. The van der Waals surface area contributed by atoms with Gasteiger partial charge in [-0.1, -0.05) is 35.3 Å². The van der Waals surface area contributed by atoms with E-state index in [-0.39, 0.29) is 24.7 Å². The largest absolute Gasteiger partial charge is 0.394 e. The van der Waals surface area contributed by atoms with Crippen LogP contribution in [-0.4, -0.2) is 35.7 Å². The Hall–Kier alpha value is -0.970. The maximum absolute atomic E-state index is 12.0. The first-order valence-electron chi connectivity index (χ1n) is 5.96. The van der Waals surface area contributed by atoms with Crippen molar-refractivity contribution in [3.8, 4) is 0 Å². The Labute approximate surface area is 123 Å². The molecule has 2 N–H and O–H groups in total. The summed E-state index contributed by atoms with van der Waals surface area (Å²) >= 11 is 12.0. The lowest BCUT2D eigenvalue weighted by molar-refractivity contribution is 0.155. The van der Waals surface area contributed by atoms with Gasteiger partial charge in [0.25, 0.3) is 0 Å². The minimum absolute atomic E-state index is 0.0871. The summed E-state index contributed by atoms with van der Waals surface area (Å²) in [4.78, 5) is 13.4. The van der Waals surface area contributed by atoms with Crippen LogP contribution in [0.1, 0.15) is 25.5 Å². The van der Waals surface area contributed by atoms with Crippen molar-refractivity contribution in [1.82, 2.24) is 10.2 Å². The van der Waals surface area contributed by atoms with E-state index < -0.39 is 0 Å². The van der Waals surface area contributed by atoms with E-state index in [4.69, 9.17) is 28.3 Å². The highest BCUT2D eigenvalue weighted by Gasteiger charge is 2.19. The number of aliphatic hydroxyl groups excluding tert-OH is 1. The fourth-order valence-corrected chi connectivity index (χ4v) is 2.01. The van der Waals surface area contributed by atoms with E-state index in [1.807, 2.05) is 13.0 Å². The zero-order valence-electron chi connectivity index (χ0n) is 11.2. The molecular formula is C13H18Cl2N2O2. The minimum Gasteiger partial charge on any atom is -0.394 e. The number of likely N-dealkylation sites (N-methyl/N-ethyl adjacent to an activating group) is 1. The lowest BCUT2D eigenvalue weighted by Gasteiger charge is -2.26. The van der Waals surface area contributed by atoms with Crippen molar-refractivity contribution in [3.05, 3.63) is 33.8 Å². The van der Waals surface area contributed by atoms with E-state index in [2.05, 4.69) is 5.32 Å². The molecule has 106 valence electrons. The van der Waals surface area contributed by atoms with Crippen molar-refractivity contribution in [3.63, 3.8) is 0 Å². The van der Waals surface area contributed by atoms with E-state index >= 15 is 0 Å². The highest BCUT2D eigenvalue weighted by molar-refractivity contribution is 6.42. The van der Waals surface area contributed by atoms with Crippen LogP contribution in [0.5, 0.6) is 0 Å². The molecule has 2 amide bonds. The van der Waals surface area contributed by atoms with Crippen molar-refractivity contribution in [2.45, 2.75) is 25.9 Å². The molecule has 0 spiro atoms. The molecule has 4 nitrogen and oxygen atoms in total. The van der Waals surface area contributed by atoms with Gasteiger partial charge in [-0.2, -0.15) is 0 Å². The smallest absolute Gasteiger partial charge is 0.317 e. The van der Waals surface area contributed by atoms with Crippen molar-refractivity contribution >= 4 is 29.2 Å². The van der Waals surface area contributed by atoms with Crippen LogP contribution >= 0.6 is 23.2 Å². The van der Waals surface area contributed by atoms with E-state index in [1.165, 1.54) is 4.90 Å². The molecule has 6 heteroatoms. The van der Waals surface area contributed by atoms with E-state index in [1.54, 1.807) is 26.1 Å². The van der Waals surface area contributed by atoms with Gasteiger partial charge in [-0.25, -0.2) is 4.79 Å². The fraction of sp³-hybridized carbons (Fsp3) is 0.462. The van der Waals surface area contributed by atoms with Gasteiger partial charge in [0.1, 0.15) is 0 Å². The molecule has 0 aliphatic carbocycles. The number of amides is 2. The van der Waals surface area contributed by atoms with Gasteiger partial charge >= 0.3 is 6.03 Å². The average Bonchev–Trinajstić information content (AvgIpc) is 2.39. The van der Waals surface area contributed by atoms with E-state index in [0.717, 1.165) is 5.56 Å². The third kappa shape index (κ3) is 4.00. The molecule has 0 saturated heterocycles. The summed E-state index contributed by atoms with van der Waals surface area (Å²) in [5, 5.41) is 12.7. The van der Waals surface area contributed by atoms with Gasteiger partial charge in [-0.05, 0) is 25.5 Å². The summed E-state index contributed by atoms with van der Waals surface area (Å²) < 4.78 is 0. The number of nitrogens with zero attached hydrogens (tertiary/aromatic N) is 1. The molecule has 1 aromatic rings. The second-order valence-electron chi connectivity index (χ2n) is 4.46. The summed E-state index contributed by atoms with van der Waals surface area (Å²) in [5.74, 6) is 0. The third-order valence-corrected chi connectivity index (χ3v) is 3.87. The number of hydrogen-bond acceptors (Lipinski definition) is 2. The Kier molecular flexibility index (Phi) is 5.91. The zero-order valence-corrected chi connectivity index (χ0v) is 12.7. The average molecular weight is 305 g/mol. The first-order valence-corrected chi connectivity index (χ1v) is 6.72. The number of hydrogen-bond donors (Lipinski definition) is 2. The molecule has 1 aromatic carbocycles. The van der Waals surface area contributed by atoms with Gasteiger partial charge in [0.15, 0.2) is 0 Å². The fourth-order valence-electron chi connectivity index (χ4n) is 1.54. The summed E-state index contributed by atoms with van der Waals surface area (Å²) in [6, 6.07) is 4.50. The quantitative estimate of drug-likeness (QED) is 0.898. The highest BCUT2D eigenvalue weighted by Crippen LogP contribution is 2.29. The van der Waals surface area contributed by atoms with Crippen LogP contribution in [0.25, 0.3) is 0 Å². The SMILES string of the molecule is CC(NC(=O)N(C)C(C)CO)c1cccc(Cl)c1Cl. The summed E-state index contributed by atoms with van der Waals surface area (Å²) in [5.41, 5.74) is 0.757. The summed E-state index contributed by atoms with van der Waals surface area (Å²) in [6.45, 7) is 3.50. The molecule has 0 aliphatic heterocycles. The predicted molar refractivity (Wildman–Crippen MR) is 77.7 cm³/mol. The molecule has 0 bridgehead atoms. The van der Waals surface area contributed by atoms with Crippen LogP contribution in [0.4, 0.5) is 4.79 Å². The molecule has 0 saturated carbocycles. The number of halogens is 2. The number of carbonyl (C=O) groups excluding carboxylic acids is 1. The molecule has 0 aromatic heterocycles. The second-order valence-corrected chi connectivity index (χ2v) is 5.24. The van der Waals surface area contributed by atoms with Gasteiger partial charge in [-0.3, -0.25) is 0 Å². The van der Waals surface area contributed by atoms with E-state index in [9.17, 15) is 4.79 Å². The Bertz CT molecular complexity index is 454. The molecule has 1 rings (SSSR count). The number of aliphatic hydroxyl groups is 1. The van der Waals surface area contributed by atoms with Crippen LogP contribution in [-0.2, 0) is 0 Å². The van der Waals surface area contributed by atoms with Crippen molar-refractivity contribution < 1.29 is 9.90 Å². The van der Waals surface area contributed by atoms with Crippen LogP contribution in [0.2, 0.25) is 10.0 Å². The van der Waals surface area contributed by atoms with Gasteiger partial charge in [0.05, 0.1) is 28.7 Å². The maximum Gasteiger partial charge on any atom is 0.317 e. The molecule has 19 heavy (non-hydrogen) atoms. The van der Waals surface area contributed by atoms with Gasteiger partial charge in [0, 0.05) is 7.05 Å². The topological polar surface area (TPSA) is 52.6 Å². The normalized spacial score (nSPS) is 13.8. The summed E-state index contributed by atoms with van der Waals surface area (Å²) in [7, 11) is 1.63. The number of benzene rings is 1. The Morgan fingerprint density at radius 3 is 2.63 bits per heavy atom.